The Morgan fingerprint density at radius 1 is 0.848 bits per heavy atom. The van der Waals surface area contributed by atoms with Gasteiger partial charge in [0.25, 0.3) is 6.43 Å². The minimum absolute atomic E-state index is 0.0488. The smallest absolute Gasteiger partial charge is 0.255 e. The summed E-state index contributed by atoms with van der Waals surface area (Å²) in [6, 6.07) is 22.8. The fraction of sp³-hybridized carbons (Fsp3) is 0.231. The van der Waals surface area contributed by atoms with E-state index in [1.165, 1.54) is 12.1 Å². The van der Waals surface area contributed by atoms with Crippen LogP contribution >= 0.6 is 0 Å². The van der Waals surface area contributed by atoms with Gasteiger partial charge in [-0.2, -0.15) is 0 Å². The first-order chi connectivity index (χ1) is 15.9. The van der Waals surface area contributed by atoms with Gasteiger partial charge in [-0.1, -0.05) is 72.8 Å². The molecule has 2 amide bonds. The summed E-state index contributed by atoms with van der Waals surface area (Å²) in [5.41, 5.74) is 2.10. The second-order valence-corrected chi connectivity index (χ2v) is 7.62. The molecule has 3 aromatic rings. The molecule has 0 heterocycles. The van der Waals surface area contributed by atoms with Crippen LogP contribution in [0, 0.1) is 0 Å². The SMILES string of the molecule is O=C(NCc1ccccc1)C(c1ccccc1)N(CC(F)F)C(=O)CCc1ccc(O)cc1. The Morgan fingerprint density at radius 3 is 2.06 bits per heavy atom. The number of carbonyl (C=O) groups excluding carboxylic acids is 2. The largest absolute Gasteiger partial charge is 0.508 e. The Bertz CT molecular complexity index is 1030. The highest BCUT2D eigenvalue weighted by Crippen LogP contribution is 2.24. The van der Waals surface area contributed by atoms with E-state index >= 15 is 0 Å². The molecule has 1 unspecified atom stereocenters. The number of hydrogen-bond donors (Lipinski definition) is 2. The number of benzene rings is 3. The van der Waals surface area contributed by atoms with E-state index in [2.05, 4.69) is 5.32 Å². The van der Waals surface area contributed by atoms with Crippen LogP contribution in [0.25, 0.3) is 0 Å². The van der Waals surface area contributed by atoms with Crippen LogP contribution < -0.4 is 5.32 Å². The van der Waals surface area contributed by atoms with Crippen LogP contribution in [-0.4, -0.2) is 34.8 Å². The summed E-state index contributed by atoms with van der Waals surface area (Å²) in [4.78, 5) is 27.2. The molecule has 0 radical (unpaired) electrons. The van der Waals surface area contributed by atoms with Crippen molar-refractivity contribution in [3.8, 4) is 5.75 Å². The summed E-state index contributed by atoms with van der Waals surface area (Å²) in [5, 5.41) is 12.2. The van der Waals surface area contributed by atoms with E-state index in [0.717, 1.165) is 16.0 Å². The van der Waals surface area contributed by atoms with Crippen molar-refractivity contribution in [3.05, 3.63) is 102 Å². The zero-order chi connectivity index (χ0) is 23.6. The normalized spacial score (nSPS) is 11.7. The summed E-state index contributed by atoms with van der Waals surface area (Å²) in [6.45, 7) is -0.639. The summed E-state index contributed by atoms with van der Waals surface area (Å²) < 4.78 is 27.0. The van der Waals surface area contributed by atoms with Crippen LogP contribution in [0.5, 0.6) is 5.75 Å². The number of phenols is 1. The summed E-state index contributed by atoms with van der Waals surface area (Å²) in [7, 11) is 0. The molecule has 0 aliphatic rings. The second-order valence-electron chi connectivity index (χ2n) is 7.62. The van der Waals surface area contributed by atoms with Crippen LogP contribution in [-0.2, 0) is 22.6 Å². The molecule has 0 bridgehead atoms. The highest BCUT2D eigenvalue weighted by atomic mass is 19.3. The van der Waals surface area contributed by atoms with Crippen molar-refractivity contribution in [2.45, 2.75) is 31.9 Å². The van der Waals surface area contributed by atoms with Crippen molar-refractivity contribution in [2.75, 3.05) is 6.54 Å². The maximum Gasteiger partial charge on any atom is 0.255 e. The van der Waals surface area contributed by atoms with Gasteiger partial charge in [-0.25, -0.2) is 8.78 Å². The van der Waals surface area contributed by atoms with Gasteiger partial charge in [0.15, 0.2) is 0 Å². The number of carbonyl (C=O) groups is 2. The van der Waals surface area contributed by atoms with Gasteiger partial charge in [0.2, 0.25) is 11.8 Å². The molecule has 3 aromatic carbocycles. The monoisotopic (exact) mass is 452 g/mol. The number of halogens is 2. The van der Waals surface area contributed by atoms with Crippen molar-refractivity contribution >= 4 is 11.8 Å². The minimum Gasteiger partial charge on any atom is -0.508 e. The molecular formula is C26H26F2N2O3. The highest BCUT2D eigenvalue weighted by molar-refractivity contribution is 5.88. The molecule has 0 aliphatic heterocycles. The van der Waals surface area contributed by atoms with Gasteiger partial charge >= 0.3 is 0 Å². The number of nitrogens with one attached hydrogen (secondary N) is 1. The van der Waals surface area contributed by atoms with Crippen LogP contribution in [0.1, 0.15) is 29.2 Å². The molecule has 172 valence electrons. The molecule has 33 heavy (non-hydrogen) atoms. The fourth-order valence-corrected chi connectivity index (χ4v) is 3.55. The standard InChI is InChI=1S/C26H26F2N2O3/c27-23(28)18-30(24(32)16-13-19-11-14-22(31)15-12-19)25(21-9-5-2-6-10-21)26(33)29-17-20-7-3-1-4-8-20/h1-12,14-15,23,25,31H,13,16-18H2,(H,29,33). The average molecular weight is 453 g/mol. The van der Waals surface area contributed by atoms with Gasteiger partial charge in [-0.15, -0.1) is 0 Å². The molecule has 0 aromatic heterocycles. The summed E-state index contributed by atoms with van der Waals surface area (Å²) in [6.07, 6.45) is -2.55. The van der Waals surface area contributed by atoms with E-state index in [1.54, 1.807) is 42.5 Å². The molecule has 0 saturated carbocycles. The first-order valence-corrected chi connectivity index (χ1v) is 10.7. The van der Waals surface area contributed by atoms with Crippen molar-refractivity contribution in [2.24, 2.45) is 0 Å². The quantitative estimate of drug-likeness (QED) is 0.477. The molecule has 0 aliphatic carbocycles. The van der Waals surface area contributed by atoms with Gasteiger partial charge in [0.1, 0.15) is 11.8 Å². The Balaban J connectivity index is 1.81. The lowest BCUT2D eigenvalue weighted by Crippen LogP contribution is -2.45. The van der Waals surface area contributed by atoms with E-state index in [-0.39, 0.29) is 18.7 Å². The Kier molecular flexibility index (Phi) is 8.52. The number of amides is 2. The Morgan fingerprint density at radius 2 is 1.45 bits per heavy atom. The second kappa shape index (κ2) is 11.8. The zero-order valence-electron chi connectivity index (χ0n) is 18.0. The molecule has 7 heteroatoms. The first kappa shape index (κ1) is 23.9. The number of aryl methyl sites for hydroxylation is 1. The summed E-state index contributed by atoms with van der Waals surface area (Å²) in [5.74, 6) is -0.973. The van der Waals surface area contributed by atoms with Crippen LogP contribution in [0.3, 0.4) is 0 Å². The number of phenolic OH excluding ortho intramolecular Hbond substituents is 1. The third-order valence-corrected chi connectivity index (χ3v) is 5.20. The van der Waals surface area contributed by atoms with Gasteiger partial charge < -0.3 is 15.3 Å². The molecule has 0 spiro atoms. The van der Waals surface area contributed by atoms with Crippen molar-refractivity contribution in [1.82, 2.24) is 10.2 Å². The number of hydrogen-bond acceptors (Lipinski definition) is 3. The molecule has 2 N–H and O–H groups in total. The van der Waals surface area contributed by atoms with Crippen molar-refractivity contribution < 1.29 is 23.5 Å². The topological polar surface area (TPSA) is 69.6 Å². The predicted octanol–water partition coefficient (Wildman–Crippen LogP) is 4.48. The van der Waals surface area contributed by atoms with Gasteiger partial charge in [-0.05, 0) is 35.2 Å². The maximum absolute atomic E-state index is 13.5. The Hall–Kier alpha value is -3.74. The lowest BCUT2D eigenvalue weighted by molar-refractivity contribution is -0.143. The molecule has 3 rings (SSSR count). The van der Waals surface area contributed by atoms with Crippen LogP contribution in [0.15, 0.2) is 84.9 Å². The van der Waals surface area contributed by atoms with E-state index in [0.29, 0.717) is 12.0 Å². The lowest BCUT2D eigenvalue weighted by Gasteiger charge is -2.31. The van der Waals surface area contributed by atoms with Gasteiger partial charge in [-0.3, -0.25) is 9.59 Å². The van der Waals surface area contributed by atoms with Crippen molar-refractivity contribution in [3.63, 3.8) is 0 Å². The first-order valence-electron chi connectivity index (χ1n) is 10.7. The minimum atomic E-state index is -2.80. The summed E-state index contributed by atoms with van der Waals surface area (Å²) >= 11 is 0. The third kappa shape index (κ3) is 7.14. The number of nitrogens with zero attached hydrogens (tertiary/aromatic N) is 1. The molecule has 1 atom stereocenters. The molecule has 5 nitrogen and oxygen atoms in total. The molecule has 0 saturated heterocycles. The van der Waals surface area contributed by atoms with Gasteiger partial charge in [0.05, 0.1) is 6.54 Å². The van der Waals surface area contributed by atoms with Crippen LogP contribution in [0.4, 0.5) is 8.78 Å². The van der Waals surface area contributed by atoms with E-state index < -0.39 is 30.8 Å². The van der Waals surface area contributed by atoms with Crippen molar-refractivity contribution in [1.29, 1.82) is 0 Å². The van der Waals surface area contributed by atoms with E-state index in [1.807, 2.05) is 30.3 Å². The zero-order valence-corrected chi connectivity index (χ0v) is 18.0. The number of rotatable bonds is 10. The predicted molar refractivity (Wildman–Crippen MR) is 122 cm³/mol. The highest BCUT2D eigenvalue weighted by Gasteiger charge is 2.32. The Labute approximate surface area is 191 Å². The van der Waals surface area contributed by atoms with E-state index in [9.17, 15) is 23.5 Å². The van der Waals surface area contributed by atoms with E-state index in [4.69, 9.17) is 0 Å². The number of alkyl halides is 2. The maximum atomic E-state index is 13.5. The number of aromatic hydroxyl groups is 1. The molecule has 0 fully saturated rings. The average Bonchev–Trinajstić information content (AvgIpc) is 2.83. The van der Waals surface area contributed by atoms with Crippen LogP contribution in [0.2, 0.25) is 0 Å². The molecular weight excluding hydrogens is 426 g/mol. The van der Waals surface area contributed by atoms with Gasteiger partial charge in [0, 0.05) is 13.0 Å². The third-order valence-electron chi connectivity index (χ3n) is 5.20. The fourth-order valence-electron chi connectivity index (χ4n) is 3.55. The lowest BCUT2D eigenvalue weighted by atomic mass is 10.0.